The van der Waals surface area contributed by atoms with Gasteiger partial charge < -0.3 is 9.64 Å². The van der Waals surface area contributed by atoms with Crippen LogP contribution in [0.2, 0.25) is 0 Å². The summed E-state index contributed by atoms with van der Waals surface area (Å²) in [5.41, 5.74) is 6.71. The van der Waals surface area contributed by atoms with E-state index in [4.69, 9.17) is 14.7 Å². The van der Waals surface area contributed by atoms with E-state index in [1.165, 1.54) is 0 Å². The van der Waals surface area contributed by atoms with Crippen LogP contribution in [0.25, 0.3) is 33.5 Å². The van der Waals surface area contributed by atoms with Gasteiger partial charge in [0.25, 0.3) is 0 Å². The van der Waals surface area contributed by atoms with Gasteiger partial charge in [0.1, 0.15) is 23.7 Å². The van der Waals surface area contributed by atoms with E-state index in [0.29, 0.717) is 12.4 Å². The minimum atomic E-state index is 0.433. The SMILES string of the molecule is CCc1cc(OCc2ccc(-c3ccccc3-c3nn[nH]n3)cc2)c2nc(N(C)C)ccc2n1. The average molecular weight is 452 g/mol. The number of aryl methyl sites for hydroxylation is 1. The van der Waals surface area contributed by atoms with Crippen LogP contribution in [0.3, 0.4) is 0 Å². The Balaban J connectivity index is 1.40. The summed E-state index contributed by atoms with van der Waals surface area (Å²) in [4.78, 5) is 11.4. The van der Waals surface area contributed by atoms with Crippen LogP contribution in [0.1, 0.15) is 18.2 Å². The Morgan fingerprint density at radius 3 is 2.41 bits per heavy atom. The topological polar surface area (TPSA) is 92.7 Å². The molecule has 5 rings (SSSR count). The molecular weight excluding hydrogens is 426 g/mol. The second kappa shape index (κ2) is 9.27. The van der Waals surface area contributed by atoms with Gasteiger partial charge in [0.05, 0.1) is 5.52 Å². The monoisotopic (exact) mass is 451 g/mol. The quantitative estimate of drug-likeness (QED) is 0.384. The van der Waals surface area contributed by atoms with E-state index >= 15 is 0 Å². The molecule has 0 amide bonds. The molecule has 0 fully saturated rings. The minimum Gasteiger partial charge on any atom is -0.486 e. The molecule has 8 heteroatoms. The van der Waals surface area contributed by atoms with Crippen LogP contribution in [0, 0.1) is 0 Å². The smallest absolute Gasteiger partial charge is 0.205 e. The molecule has 2 aromatic carbocycles. The molecule has 0 aliphatic heterocycles. The number of benzene rings is 2. The molecule has 0 saturated heterocycles. The van der Waals surface area contributed by atoms with E-state index in [9.17, 15) is 0 Å². The summed E-state index contributed by atoms with van der Waals surface area (Å²) < 4.78 is 6.26. The van der Waals surface area contributed by atoms with Crippen LogP contribution in [-0.4, -0.2) is 44.7 Å². The molecule has 3 heterocycles. The molecule has 1 N–H and O–H groups in total. The van der Waals surface area contributed by atoms with Crippen molar-refractivity contribution >= 4 is 16.9 Å². The van der Waals surface area contributed by atoms with Crippen LogP contribution < -0.4 is 9.64 Å². The van der Waals surface area contributed by atoms with E-state index in [0.717, 1.165) is 57.0 Å². The largest absolute Gasteiger partial charge is 0.486 e. The number of aromatic nitrogens is 6. The van der Waals surface area contributed by atoms with Gasteiger partial charge in [0.2, 0.25) is 5.82 Å². The summed E-state index contributed by atoms with van der Waals surface area (Å²) >= 11 is 0. The predicted octanol–water partition coefficient (Wildman–Crippen LogP) is 4.68. The van der Waals surface area contributed by atoms with Crippen LogP contribution in [0.5, 0.6) is 5.75 Å². The lowest BCUT2D eigenvalue weighted by molar-refractivity contribution is 0.309. The maximum absolute atomic E-state index is 6.26. The van der Waals surface area contributed by atoms with E-state index in [1.54, 1.807) is 0 Å². The van der Waals surface area contributed by atoms with Gasteiger partial charge in [0.15, 0.2) is 0 Å². The Morgan fingerprint density at radius 2 is 1.71 bits per heavy atom. The number of H-pyrrole nitrogens is 1. The summed E-state index contributed by atoms with van der Waals surface area (Å²) in [7, 11) is 3.95. The number of aromatic amines is 1. The maximum Gasteiger partial charge on any atom is 0.205 e. The van der Waals surface area contributed by atoms with Gasteiger partial charge in [-0.15, -0.1) is 10.2 Å². The second-order valence-corrected chi connectivity index (χ2v) is 8.16. The molecule has 0 atom stereocenters. The fourth-order valence-electron chi connectivity index (χ4n) is 3.81. The van der Waals surface area contributed by atoms with Crippen LogP contribution in [-0.2, 0) is 13.0 Å². The fourth-order valence-corrected chi connectivity index (χ4v) is 3.81. The first-order valence-electron chi connectivity index (χ1n) is 11.2. The first kappa shape index (κ1) is 21.5. The number of hydrogen-bond acceptors (Lipinski definition) is 7. The van der Waals surface area contributed by atoms with E-state index < -0.39 is 0 Å². The Hall–Kier alpha value is -4.33. The van der Waals surface area contributed by atoms with Crippen molar-refractivity contribution in [2.45, 2.75) is 20.0 Å². The summed E-state index contributed by atoms with van der Waals surface area (Å²) in [6.45, 7) is 2.52. The highest BCUT2D eigenvalue weighted by Crippen LogP contribution is 2.31. The van der Waals surface area contributed by atoms with Crippen molar-refractivity contribution < 1.29 is 4.74 Å². The minimum absolute atomic E-state index is 0.433. The van der Waals surface area contributed by atoms with Crippen molar-refractivity contribution in [1.82, 2.24) is 30.6 Å². The van der Waals surface area contributed by atoms with Crippen molar-refractivity contribution in [3.05, 3.63) is 78.0 Å². The van der Waals surface area contributed by atoms with Gasteiger partial charge in [-0.25, -0.2) is 4.98 Å². The van der Waals surface area contributed by atoms with Crippen molar-refractivity contribution in [3.63, 3.8) is 0 Å². The molecule has 0 spiro atoms. The fraction of sp³-hybridized carbons (Fsp3) is 0.192. The number of tetrazole rings is 1. The molecule has 34 heavy (non-hydrogen) atoms. The van der Waals surface area contributed by atoms with Gasteiger partial charge in [-0.2, -0.15) is 5.21 Å². The number of pyridine rings is 2. The van der Waals surface area contributed by atoms with Gasteiger partial charge >= 0.3 is 0 Å². The zero-order valence-corrected chi connectivity index (χ0v) is 19.4. The van der Waals surface area contributed by atoms with E-state index in [-0.39, 0.29) is 0 Å². The Kier molecular flexibility index (Phi) is 5.86. The van der Waals surface area contributed by atoms with Crippen molar-refractivity contribution in [2.75, 3.05) is 19.0 Å². The van der Waals surface area contributed by atoms with Gasteiger partial charge in [-0.3, -0.25) is 4.98 Å². The van der Waals surface area contributed by atoms with Crippen LogP contribution in [0.4, 0.5) is 5.82 Å². The molecule has 0 aliphatic rings. The summed E-state index contributed by atoms with van der Waals surface area (Å²) in [5, 5.41) is 14.5. The molecule has 0 aliphatic carbocycles. The molecule has 0 bridgehead atoms. The third kappa shape index (κ3) is 4.30. The number of rotatable bonds is 7. The highest BCUT2D eigenvalue weighted by atomic mass is 16.5. The maximum atomic E-state index is 6.26. The van der Waals surface area contributed by atoms with Crippen molar-refractivity contribution in [1.29, 1.82) is 0 Å². The van der Waals surface area contributed by atoms with Crippen LogP contribution >= 0.6 is 0 Å². The Labute approximate surface area is 197 Å². The van der Waals surface area contributed by atoms with Crippen LogP contribution in [0.15, 0.2) is 66.7 Å². The lowest BCUT2D eigenvalue weighted by Gasteiger charge is -2.15. The molecule has 8 nitrogen and oxygen atoms in total. The summed E-state index contributed by atoms with van der Waals surface area (Å²) in [5.74, 6) is 2.19. The highest BCUT2D eigenvalue weighted by Gasteiger charge is 2.12. The molecular formula is C26H25N7O. The predicted molar refractivity (Wildman–Crippen MR) is 133 cm³/mol. The summed E-state index contributed by atoms with van der Waals surface area (Å²) in [6.07, 6.45) is 0.830. The first-order chi connectivity index (χ1) is 16.6. The zero-order chi connectivity index (χ0) is 23.5. The number of nitrogens with zero attached hydrogens (tertiary/aromatic N) is 6. The first-order valence-corrected chi connectivity index (χ1v) is 11.2. The highest BCUT2D eigenvalue weighted by molar-refractivity contribution is 5.83. The summed E-state index contributed by atoms with van der Waals surface area (Å²) in [6, 6.07) is 22.3. The third-order valence-corrected chi connectivity index (χ3v) is 5.65. The number of ether oxygens (including phenoxy) is 1. The number of nitrogens with one attached hydrogen (secondary N) is 1. The number of hydrogen-bond donors (Lipinski definition) is 1. The standard InChI is InChI=1S/C26H25N7O/c1-4-19-15-23(25-22(27-19)13-14-24(28-25)33(2)3)34-16-17-9-11-18(12-10-17)20-7-5-6-8-21(20)26-29-31-32-30-26/h5-15H,4,16H2,1-3H3,(H,29,30,31,32). The van der Waals surface area contributed by atoms with Crippen molar-refractivity contribution in [3.8, 4) is 28.3 Å². The van der Waals surface area contributed by atoms with E-state index in [2.05, 4.69) is 57.9 Å². The van der Waals surface area contributed by atoms with E-state index in [1.807, 2.05) is 55.4 Å². The molecule has 3 aromatic heterocycles. The Bertz CT molecular complexity index is 1410. The normalized spacial score (nSPS) is 11.0. The van der Waals surface area contributed by atoms with Gasteiger partial charge in [-0.1, -0.05) is 55.5 Å². The Morgan fingerprint density at radius 1 is 0.912 bits per heavy atom. The van der Waals surface area contributed by atoms with Crippen molar-refractivity contribution in [2.24, 2.45) is 0 Å². The molecule has 0 radical (unpaired) electrons. The van der Waals surface area contributed by atoms with Gasteiger partial charge in [-0.05, 0) is 40.5 Å². The average Bonchev–Trinajstić information content (AvgIpc) is 3.42. The lowest BCUT2D eigenvalue weighted by Crippen LogP contribution is -2.11. The molecule has 5 aromatic rings. The molecule has 0 saturated carbocycles. The van der Waals surface area contributed by atoms with Gasteiger partial charge in [0, 0.05) is 31.4 Å². The third-order valence-electron chi connectivity index (χ3n) is 5.65. The molecule has 170 valence electrons. The zero-order valence-electron chi connectivity index (χ0n) is 19.4. The number of anilines is 1. The lowest BCUT2D eigenvalue weighted by atomic mass is 9.98. The number of fused-ring (bicyclic) bond motifs is 1. The second-order valence-electron chi connectivity index (χ2n) is 8.16. The molecule has 0 unspecified atom stereocenters.